The molecule has 21 heavy (non-hydrogen) atoms. The standard InChI is InChI=1S/C17H28N2O2/c1-13-6-8-14(9-7-13)21-11-10-19(5)16(20)12-15(18)17(2,3)4/h6-9,15H,10-12,18H2,1-5H3. The van der Waals surface area contributed by atoms with Gasteiger partial charge in [-0.15, -0.1) is 0 Å². The van der Waals surface area contributed by atoms with Gasteiger partial charge in [0.15, 0.2) is 0 Å². The number of ether oxygens (including phenoxy) is 1. The zero-order valence-electron chi connectivity index (χ0n) is 13.8. The number of nitrogens with two attached hydrogens (primary N) is 1. The van der Waals surface area contributed by atoms with Crippen molar-refractivity contribution in [3.8, 4) is 5.75 Å². The van der Waals surface area contributed by atoms with Crippen molar-refractivity contribution in [2.24, 2.45) is 11.1 Å². The first kappa shape index (κ1) is 17.5. The van der Waals surface area contributed by atoms with Crippen molar-refractivity contribution in [1.29, 1.82) is 0 Å². The van der Waals surface area contributed by atoms with E-state index in [1.807, 2.05) is 52.0 Å². The van der Waals surface area contributed by atoms with Gasteiger partial charge in [0.2, 0.25) is 5.91 Å². The largest absolute Gasteiger partial charge is 0.492 e. The highest BCUT2D eigenvalue weighted by Gasteiger charge is 2.24. The van der Waals surface area contributed by atoms with E-state index in [4.69, 9.17) is 10.5 Å². The summed E-state index contributed by atoms with van der Waals surface area (Å²) >= 11 is 0. The van der Waals surface area contributed by atoms with E-state index in [9.17, 15) is 4.79 Å². The van der Waals surface area contributed by atoms with Crippen LogP contribution in [0.2, 0.25) is 0 Å². The second kappa shape index (κ2) is 7.46. The molecule has 4 nitrogen and oxygen atoms in total. The lowest BCUT2D eigenvalue weighted by Crippen LogP contribution is -2.41. The van der Waals surface area contributed by atoms with Crippen LogP contribution in [0.25, 0.3) is 0 Å². The minimum absolute atomic E-state index is 0.0601. The van der Waals surface area contributed by atoms with E-state index in [1.165, 1.54) is 5.56 Å². The van der Waals surface area contributed by atoms with Crippen molar-refractivity contribution in [3.63, 3.8) is 0 Å². The summed E-state index contributed by atoms with van der Waals surface area (Å²) in [4.78, 5) is 13.8. The zero-order chi connectivity index (χ0) is 16.0. The van der Waals surface area contributed by atoms with E-state index >= 15 is 0 Å². The molecule has 118 valence electrons. The maximum atomic E-state index is 12.1. The van der Waals surface area contributed by atoms with Crippen LogP contribution in [-0.2, 0) is 4.79 Å². The van der Waals surface area contributed by atoms with E-state index < -0.39 is 0 Å². The highest BCUT2D eigenvalue weighted by atomic mass is 16.5. The molecule has 0 radical (unpaired) electrons. The molecule has 0 bridgehead atoms. The predicted octanol–water partition coefficient (Wildman–Crippen LogP) is 2.60. The number of carbonyl (C=O) groups is 1. The number of carbonyl (C=O) groups excluding carboxylic acids is 1. The molecule has 1 aromatic rings. The number of nitrogens with zero attached hydrogens (tertiary/aromatic N) is 1. The Bertz CT molecular complexity index is 449. The molecule has 0 saturated heterocycles. The smallest absolute Gasteiger partial charge is 0.224 e. The Morgan fingerprint density at radius 1 is 1.29 bits per heavy atom. The third-order valence-electron chi connectivity index (χ3n) is 3.65. The first-order chi connectivity index (χ1) is 9.70. The molecule has 1 unspecified atom stereocenters. The topological polar surface area (TPSA) is 55.6 Å². The summed E-state index contributed by atoms with van der Waals surface area (Å²) in [7, 11) is 1.79. The molecule has 0 fully saturated rings. The van der Waals surface area contributed by atoms with Crippen molar-refractivity contribution in [3.05, 3.63) is 29.8 Å². The van der Waals surface area contributed by atoms with Gasteiger partial charge in [-0.1, -0.05) is 38.5 Å². The van der Waals surface area contributed by atoms with Crippen LogP contribution in [-0.4, -0.2) is 37.0 Å². The van der Waals surface area contributed by atoms with Gasteiger partial charge in [-0.25, -0.2) is 0 Å². The Morgan fingerprint density at radius 2 is 1.86 bits per heavy atom. The number of aryl methyl sites for hydroxylation is 1. The first-order valence-corrected chi connectivity index (χ1v) is 7.39. The summed E-state index contributed by atoms with van der Waals surface area (Å²) in [5.74, 6) is 0.887. The number of rotatable bonds is 6. The molecule has 0 aliphatic rings. The van der Waals surface area contributed by atoms with Crippen LogP contribution >= 0.6 is 0 Å². The van der Waals surface area contributed by atoms with Crippen LogP contribution in [0.15, 0.2) is 24.3 Å². The average molecular weight is 292 g/mol. The Hall–Kier alpha value is -1.55. The van der Waals surface area contributed by atoms with Crippen LogP contribution < -0.4 is 10.5 Å². The predicted molar refractivity (Wildman–Crippen MR) is 86.4 cm³/mol. The fourth-order valence-corrected chi connectivity index (χ4v) is 1.71. The lowest BCUT2D eigenvalue weighted by molar-refractivity contribution is -0.131. The lowest BCUT2D eigenvalue weighted by atomic mass is 9.85. The number of hydrogen-bond acceptors (Lipinski definition) is 3. The van der Waals surface area contributed by atoms with Crippen molar-refractivity contribution in [2.45, 2.75) is 40.2 Å². The summed E-state index contributed by atoms with van der Waals surface area (Å²) < 4.78 is 5.63. The van der Waals surface area contributed by atoms with Gasteiger partial charge in [0.25, 0.3) is 0 Å². The molecule has 2 N–H and O–H groups in total. The summed E-state index contributed by atoms with van der Waals surface area (Å²) in [5, 5.41) is 0. The molecule has 0 saturated carbocycles. The van der Waals surface area contributed by atoms with E-state index in [0.717, 1.165) is 5.75 Å². The van der Waals surface area contributed by atoms with Gasteiger partial charge in [-0.3, -0.25) is 4.79 Å². The Morgan fingerprint density at radius 3 is 2.38 bits per heavy atom. The molecule has 0 heterocycles. The van der Waals surface area contributed by atoms with Gasteiger partial charge in [0.05, 0.1) is 6.54 Å². The number of benzene rings is 1. The van der Waals surface area contributed by atoms with E-state index in [1.54, 1.807) is 11.9 Å². The Kier molecular flexibility index (Phi) is 6.21. The van der Waals surface area contributed by atoms with Crippen LogP contribution in [0, 0.1) is 12.3 Å². The highest BCUT2D eigenvalue weighted by molar-refractivity contribution is 5.76. The van der Waals surface area contributed by atoms with Gasteiger partial charge >= 0.3 is 0 Å². The first-order valence-electron chi connectivity index (χ1n) is 7.39. The average Bonchev–Trinajstić information content (AvgIpc) is 2.39. The number of hydrogen-bond donors (Lipinski definition) is 1. The molecule has 1 amide bonds. The minimum Gasteiger partial charge on any atom is -0.492 e. The van der Waals surface area contributed by atoms with Gasteiger partial charge in [0, 0.05) is 19.5 Å². The summed E-state index contributed by atoms with van der Waals surface area (Å²) in [5.41, 5.74) is 7.18. The van der Waals surface area contributed by atoms with Gasteiger partial charge in [-0.2, -0.15) is 0 Å². The van der Waals surface area contributed by atoms with Crippen molar-refractivity contribution < 1.29 is 9.53 Å². The third-order valence-corrected chi connectivity index (χ3v) is 3.65. The summed E-state index contributed by atoms with van der Waals surface area (Å²) in [6, 6.07) is 7.75. The Labute approximate surface area is 128 Å². The molecule has 4 heteroatoms. The van der Waals surface area contributed by atoms with E-state index in [-0.39, 0.29) is 17.4 Å². The van der Waals surface area contributed by atoms with Crippen LogP contribution in [0.4, 0.5) is 0 Å². The molecule has 0 spiro atoms. The maximum absolute atomic E-state index is 12.1. The SMILES string of the molecule is Cc1ccc(OCCN(C)C(=O)CC(N)C(C)(C)C)cc1. The minimum atomic E-state index is -0.134. The molecule has 0 aliphatic heterocycles. The second-order valence-electron chi connectivity index (χ2n) is 6.65. The molecule has 1 rings (SSSR count). The number of amides is 1. The monoisotopic (exact) mass is 292 g/mol. The molecular formula is C17H28N2O2. The van der Waals surface area contributed by atoms with Crippen LogP contribution in [0.5, 0.6) is 5.75 Å². The molecule has 1 aromatic carbocycles. The van der Waals surface area contributed by atoms with Crippen LogP contribution in [0.3, 0.4) is 0 Å². The summed E-state index contributed by atoms with van der Waals surface area (Å²) in [6.07, 6.45) is 0.366. The van der Waals surface area contributed by atoms with Gasteiger partial charge in [-0.05, 0) is 24.5 Å². The maximum Gasteiger partial charge on any atom is 0.224 e. The Balaban J connectivity index is 2.34. The molecule has 1 atom stereocenters. The quantitative estimate of drug-likeness (QED) is 0.877. The van der Waals surface area contributed by atoms with Crippen LogP contribution in [0.1, 0.15) is 32.8 Å². The molecule has 0 aliphatic carbocycles. The third kappa shape index (κ3) is 6.17. The molecule has 0 aromatic heterocycles. The zero-order valence-corrected chi connectivity index (χ0v) is 13.8. The highest BCUT2D eigenvalue weighted by Crippen LogP contribution is 2.20. The molecular weight excluding hydrogens is 264 g/mol. The lowest BCUT2D eigenvalue weighted by Gasteiger charge is -2.28. The van der Waals surface area contributed by atoms with Crippen molar-refractivity contribution >= 4 is 5.91 Å². The fourth-order valence-electron chi connectivity index (χ4n) is 1.71. The van der Waals surface area contributed by atoms with Crippen molar-refractivity contribution in [2.75, 3.05) is 20.2 Å². The summed E-state index contributed by atoms with van der Waals surface area (Å²) in [6.45, 7) is 9.22. The number of likely N-dealkylation sites (N-methyl/N-ethyl adjacent to an activating group) is 1. The second-order valence-corrected chi connectivity index (χ2v) is 6.65. The van der Waals surface area contributed by atoms with Gasteiger partial charge < -0.3 is 15.4 Å². The normalized spacial score (nSPS) is 12.9. The van der Waals surface area contributed by atoms with Gasteiger partial charge in [0.1, 0.15) is 12.4 Å². The fraction of sp³-hybridized carbons (Fsp3) is 0.588. The van der Waals surface area contributed by atoms with Crippen molar-refractivity contribution in [1.82, 2.24) is 4.90 Å². The van der Waals surface area contributed by atoms with E-state index in [2.05, 4.69) is 0 Å². The van der Waals surface area contributed by atoms with E-state index in [0.29, 0.717) is 19.6 Å².